The van der Waals surface area contributed by atoms with Crippen LogP contribution in [0.2, 0.25) is 0 Å². The van der Waals surface area contributed by atoms with Crippen molar-refractivity contribution >= 4 is 17.4 Å². The second-order valence-electron chi connectivity index (χ2n) is 7.68. The first-order valence-corrected chi connectivity index (χ1v) is 10.6. The summed E-state index contributed by atoms with van der Waals surface area (Å²) < 4.78 is 10.7. The molecule has 1 saturated heterocycles. The Morgan fingerprint density at radius 1 is 1.06 bits per heavy atom. The predicted molar refractivity (Wildman–Crippen MR) is 117 cm³/mol. The van der Waals surface area contributed by atoms with Crippen molar-refractivity contribution in [2.24, 2.45) is 0 Å². The van der Waals surface area contributed by atoms with Crippen LogP contribution < -0.4 is 9.47 Å². The number of aliphatic hydroxyl groups excluding tert-OH is 1. The zero-order valence-electron chi connectivity index (χ0n) is 18.1. The number of hydrogen-bond donors (Lipinski definition) is 2. The van der Waals surface area contributed by atoms with Crippen molar-refractivity contribution in [3.8, 4) is 17.2 Å². The van der Waals surface area contributed by atoms with Gasteiger partial charge in [-0.05, 0) is 49.0 Å². The Hall–Kier alpha value is -3.52. The number of fused-ring (bicyclic) bond motifs is 1. The Balaban J connectivity index is 1.78. The van der Waals surface area contributed by atoms with E-state index in [1.807, 2.05) is 13.8 Å². The van der Waals surface area contributed by atoms with Crippen molar-refractivity contribution in [2.75, 3.05) is 33.0 Å². The maximum Gasteiger partial charge on any atom is 0.295 e. The van der Waals surface area contributed by atoms with Crippen molar-refractivity contribution < 1.29 is 29.3 Å². The highest BCUT2D eigenvalue weighted by Gasteiger charge is 2.46. The Bertz CT molecular complexity index is 1060. The van der Waals surface area contributed by atoms with E-state index in [0.29, 0.717) is 35.7 Å². The molecular formula is C24H26N2O6. The Morgan fingerprint density at radius 3 is 2.44 bits per heavy atom. The molecule has 1 fully saturated rings. The number of likely N-dealkylation sites (tertiary alicyclic amines) is 1. The van der Waals surface area contributed by atoms with Crippen LogP contribution in [-0.2, 0) is 9.59 Å². The second kappa shape index (κ2) is 8.92. The van der Waals surface area contributed by atoms with Gasteiger partial charge in [-0.15, -0.1) is 0 Å². The summed E-state index contributed by atoms with van der Waals surface area (Å²) >= 11 is 0. The van der Waals surface area contributed by atoms with Crippen molar-refractivity contribution in [3.63, 3.8) is 0 Å². The predicted octanol–water partition coefficient (Wildman–Crippen LogP) is 2.88. The van der Waals surface area contributed by atoms with Gasteiger partial charge in [0, 0.05) is 18.7 Å². The molecule has 2 aromatic rings. The van der Waals surface area contributed by atoms with Crippen LogP contribution in [0.4, 0.5) is 0 Å². The first kappa shape index (κ1) is 21.7. The summed E-state index contributed by atoms with van der Waals surface area (Å²) in [6.07, 6.45) is 0. The lowest BCUT2D eigenvalue weighted by Crippen LogP contribution is -2.38. The summed E-state index contributed by atoms with van der Waals surface area (Å²) in [6.45, 7) is 6.73. The second-order valence-corrected chi connectivity index (χ2v) is 7.68. The van der Waals surface area contributed by atoms with Gasteiger partial charge in [0.2, 0.25) is 6.79 Å². The van der Waals surface area contributed by atoms with Gasteiger partial charge >= 0.3 is 0 Å². The number of carbonyl (C=O) groups is 2. The highest BCUT2D eigenvalue weighted by molar-refractivity contribution is 6.46. The summed E-state index contributed by atoms with van der Waals surface area (Å²) in [5, 5.41) is 20.8. The van der Waals surface area contributed by atoms with Gasteiger partial charge in [0.25, 0.3) is 11.7 Å². The van der Waals surface area contributed by atoms with Crippen LogP contribution in [0, 0.1) is 0 Å². The van der Waals surface area contributed by atoms with Crippen LogP contribution in [0.5, 0.6) is 17.2 Å². The third-order valence-electron chi connectivity index (χ3n) is 5.95. The van der Waals surface area contributed by atoms with Gasteiger partial charge in [-0.25, -0.2) is 0 Å². The van der Waals surface area contributed by atoms with Gasteiger partial charge in [0.05, 0.1) is 11.6 Å². The number of amides is 1. The minimum absolute atomic E-state index is 0.0131. The molecule has 0 bridgehead atoms. The van der Waals surface area contributed by atoms with E-state index in [0.717, 1.165) is 13.1 Å². The standard InChI is InChI=1S/C24H26N2O6/c1-3-25(4-2)11-12-26-21(15-5-8-17(27)9-6-15)20(23(29)24(26)30)22(28)16-7-10-18-19(13-16)32-14-31-18/h5-10,13,21,27-28H,3-4,11-12,14H2,1-2H3/b22-20-. The third kappa shape index (κ3) is 3.89. The van der Waals surface area contributed by atoms with Crippen LogP contribution in [0.1, 0.15) is 31.0 Å². The fourth-order valence-electron chi connectivity index (χ4n) is 4.10. The number of hydrogen-bond acceptors (Lipinski definition) is 7. The first-order valence-electron chi connectivity index (χ1n) is 10.6. The maximum absolute atomic E-state index is 13.1. The van der Waals surface area contributed by atoms with E-state index in [2.05, 4.69) is 4.90 Å². The lowest BCUT2D eigenvalue weighted by Gasteiger charge is -2.28. The highest BCUT2D eigenvalue weighted by Crippen LogP contribution is 2.41. The molecule has 2 aromatic carbocycles. The van der Waals surface area contributed by atoms with Crippen LogP contribution in [0.15, 0.2) is 48.0 Å². The van der Waals surface area contributed by atoms with Gasteiger partial charge in [-0.1, -0.05) is 26.0 Å². The fraction of sp³-hybridized carbons (Fsp3) is 0.333. The lowest BCUT2D eigenvalue weighted by molar-refractivity contribution is -0.140. The number of nitrogens with zero attached hydrogens (tertiary/aromatic N) is 2. The van der Waals surface area contributed by atoms with Crippen LogP contribution >= 0.6 is 0 Å². The number of benzene rings is 2. The number of Topliss-reactive ketones (excluding diaryl/α,β-unsaturated/α-hetero) is 1. The number of ether oxygens (including phenoxy) is 2. The number of carbonyl (C=O) groups excluding carboxylic acids is 2. The highest BCUT2D eigenvalue weighted by atomic mass is 16.7. The number of phenolic OH excluding ortho intramolecular Hbond substituents is 1. The van der Waals surface area contributed by atoms with Gasteiger partial charge in [0.1, 0.15) is 11.5 Å². The van der Waals surface area contributed by atoms with E-state index in [9.17, 15) is 19.8 Å². The monoisotopic (exact) mass is 438 g/mol. The van der Waals surface area contributed by atoms with Crippen molar-refractivity contribution in [2.45, 2.75) is 19.9 Å². The molecule has 2 N–H and O–H groups in total. The number of aliphatic hydroxyl groups is 1. The van der Waals surface area contributed by atoms with Gasteiger partial charge < -0.3 is 29.5 Å². The molecule has 0 radical (unpaired) electrons. The first-order chi connectivity index (χ1) is 15.4. The molecule has 2 heterocycles. The largest absolute Gasteiger partial charge is 0.508 e. The van der Waals surface area contributed by atoms with Crippen molar-refractivity contribution in [1.82, 2.24) is 9.80 Å². The summed E-state index contributed by atoms with van der Waals surface area (Å²) in [6, 6.07) is 10.4. The molecule has 0 spiro atoms. The quantitative estimate of drug-likeness (QED) is 0.390. The zero-order valence-corrected chi connectivity index (χ0v) is 18.1. The maximum atomic E-state index is 13.1. The normalized spacial score (nSPS) is 19.2. The lowest BCUT2D eigenvalue weighted by atomic mass is 9.95. The molecule has 1 unspecified atom stereocenters. The number of phenols is 1. The van der Waals surface area contributed by atoms with Gasteiger partial charge in [-0.2, -0.15) is 0 Å². The minimum atomic E-state index is -0.767. The molecule has 4 rings (SSSR count). The minimum Gasteiger partial charge on any atom is -0.508 e. The molecule has 0 aromatic heterocycles. The summed E-state index contributed by atoms with van der Waals surface area (Å²) in [4.78, 5) is 29.7. The SMILES string of the molecule is CCN(CC)CCN1C(=O)C(=O)/C(=C(\O)c2ccc3c(c2)OCO3)C1c1ccc(O)cc1. The van der Waals surface area contributed by atoms with Crippen molar-refractivity contribution in [3.05, 3.63) is 59.2 Å². The molecule has 0 aliphatic carbocycles. The van der Waals surface area contributed by atoms with E-state index in [1.165, 1.54) is 17.0 Å². The fourth-order valence-corrected chi connectivity index (χ4v) is 4.10. The molecule has 2 aliphatic rings. The van der Waals surface area contributed by atoms with E-state index < -0.39 is 17.7 Å². The smallest absolute Gasteiger partial charge is 0.295 e. The van der Waals surface area contributed by atoms with Gasteiger partial charge in [-0.3, -0.25) is 9.59 Å². The van der Waals surface area contributed by atoms with Crippen LogP contribution in [0.3, 0.4) is 0 Å². The number of rotatable bonds is 7. The Labute approximate surface area is 186 Å². The Kier molecular flexibility index (Phi) is 6.05. The average molecular weight is 438 g/mol. The summed E-state index contributed by atoms with van der Waals surface area (Å²) in [7, 11) is 0. The molecule has 1 atom stereocenters. The zero-order chi connectivity index (χ0) is 22.8. The average Bonchev–Trinajstić information content (AvgIpc) is 3.37. The van der Waals surface area contributed by atoms with E-state index in [-0.39, 0.29) is 23.9 Å². The number of likely N-dealkylation sites (N-methyl/N-ethyl adjacent to an activating group) is 1. The third-order valence-corrected chi connectivity index (χ3v) is 5.95. The molecule has 0 saturated carbocycles. The molecule has 8 nitrogen and oxygen atoms in total. The molecule has 168 valence electrons. The summed E-state index contributed by atoms with van der Waals surface area (Å²) in [5.74, 6) is -0.577. The topological polar surface area (TPSA) is 99.5 Å². The molecule has 1 amide bonds. The molecule has 2 aliphatic heterocycles. The van der Waals surface area contributed by atoms with Crippen molar-refractivity contribution in [1.29, 1.82) is 0 Å². The molecule has 8 heteroatoms. The molecular weight excluding hydrogens is 412 g/mol. The Morgan fingerprint density at radius 2 is 1.75 bits per heavy atom. The van der Waals surface area contributed by atoms with E-state index in [4.69, 9.17) is 9.47 Å². The molecule has 32 heavy (non-hydrogen) atoms. The van der Waals surface area contributed by atoms with E-state index >= 15 is 0 Å². The van der Waals surface area contributed by atoms with Gasteiger partial charge in [0.15, 0.2) is 11.5 Å². The summed E-state index contributed by atoms with van der Waals surface area (Å²) in [5.41, 5.74) is 1.00. The number of aromatic hydroxyl groups is 1. The van der Waals surface area contributed by atoms with Crippen LogP contribution in [-0.4, -0.2) is 64.7 Å². The number of ketones is 1. The van der Waals surface area contributed by atoms with E-state index in [1.54, 1.807) is 30.3 Å². The van der Waals surface area contributed by atoms with Crippen LogP contribution in [0.25, 0.3) is 5.76 Å².